The number of rotatable bonds is 2. The molecule has 0 spiro atoms. The molecule has 0 heteroatoms. The zero-order chi connectivity index (χ0) is 9.14. The van der Waals surface area contributed by atoms with Crippen molar-refractivity contribution in [1.82, 2.24) is 0 Å². The van der Waals surface area contributed by atoms with Crippen LogP contribution in [0.5, 0.6) is 0 Å². The highest BCUT2D eigenvalue weighted by Gasteiger charge is 2.06. The van der Waals surface area contributed by atoms with Gasteiger partial charge < -0.3 is 0 Å². The first-order chi connectivity index (χ1) is 5.66. The van der Waals surface area contributed by atoms with Gasteiger partial charge in [-0.15, -0.1) is 0 Å². The summed E-state index contributed by atoms with van der Waals surface area (Å²) < 4.78 is 0. The fourth-order valence-corrected chi connectivity index (χ4v) is 1.44. The van der Waals surface area contributed by atoms with Gasteiger partial charge in [0.05, 0.1) is 0 Å². The second-order valence-electron chi connectivity index (χ2n) is 3.39. The molecule has 12 heavy (non-hydrogen) atoms. The van der Waals surface area contributed by atoms with Crippen molar-refractivity contribution in [3.05, 3.63) is 41.8 Å². The van der Waals surface area contributed by atoms with E-state index < -0.39 is 0 Å². The molecule has 65 valence electrons. The molecule has 0 N–H and O–H groups in total. The van der Waals surface area contributed by atoms with E-state index in [0.29, 0.717) is 5.92 Å². The molecule has 0 heterocycles. The number of benzene rings is 1. The fraction of sp³-hybridized carbons (Fsp3) is 0.417. The molecule has 1 aromatic rings. The van der Waals surface area contributed by atoms with E-state index in [1.807, 2.05) is 0 Å². The van der Waals surface area contributed by atoms with Gasteiger partial charge in [0, 0.05) is 0 Å². The Morgan fingerprint density at radius 1 is 1.33 bits per heavy atom. The lowest BCUT2D eigenvalue weighted by Gasteiger charge is -2.13. The normalized spacial score (nSPS) is 13.0. The van der Waals surface area contributed by atoms with Crippen molar-refractivity contribution in [1.29, 1.82) is 0 Å². The Hall–Kier alpha value is -0.780. The first-order valence-corrected chi connectivity index (χ1v) is 4.56. The maximum absolute atomic E-state index is 4.13. The Labute approximate surface area is 75.6 Å². The molecule has 0 bridgehead atoms. The van der Waals surface area contributed by atoms with Crippen molar-refractivity contribution >= 4 is 0 Å². The summed E-state index contributed by atoms with van der Waals surface area (Å²) in [5.74, 6) is 0.449. The van der Waals surface area contributed by atoms with Gasteiger partial charge in [-0.2, -0.15) is 0 Å². The van der Waals surface area contributed by atoms with Gasteiger partial charge in [0.25, 0.3) is 0 Å². The van der Waals surface area contributed by atoms with E-state index in [-0.39, 0.29) is 0 Å². The minimum absolute atomic E-state index is 0.449. The van der Waals surface area contributed by atoms with Gasteiger partial charge >= 0.3 is 0 Å². The molecule has 0 fully saturated rings. The summed E-state index contributed by atoms with van der Waals surface area (Å²) in [4.78, 5) is 0. The lowest BCUT2D eigenvalue weighted by Crippen LogP contribution is -1.96. The molecule has 0 aliphatic rings. The molecular formula is C12H17. The molecule has 0 aromatic heterocycles. The number of hydrogen-bond acceptors (Lipinski definition) is 0. The summed E-state index contributed by atoms with van der Waals surface area (Å²) >= 11 is 0. The van der Waals surface area contributed by atoms with E-state index in [9.17, 15) is 0 Å². The molecular weight excluding hydrogens is 144 g/mol. The minimum Gasteiger partial charge on any atom is -0.0648 e. The van der Waals surface area contributed by atoms with Crippen molar-refractivity contribution in [3.63, 3.8) is 0 Å². The van der Waals surface area contributed by atoms with E-state index >= 15 is 0 Å². The zero-order valence-electron chi connectivity index (χ0n) is 8.22. The monoisotopic (exact) mass is 161 g/mol. The quantitative estimate of drug-likeness (QED) is 0.621. The minimum atomic E-state index is 0.449. The third kappa shape index (κ3) is 1.69. The van der Waals surface area contributed by atoms with Crippen LogP contribution in [0.3, 0.4) is 0 Å². The Morgan fingerprint density at radius 2 is 2.00 bits per heavy atom. The summed E-state index contributed by atoms with van der Waals surface area (Å²) in [5.41, 5.74) is 4.17. The predicted octanol–water partition coefficient (Wildman–Crippen LogP) is 3.63. The van der Waals surface area contributed by atoms with Gasteiger partial charge in [0.2, 0.25) is 0 Å². The second-order valence-corrected chi connectivity index (χ2v) is 3.39. The van der Waals surface area contributed by atoms with Gasteiger partial charge in [-0.05, 0) is 49.8 Å². The largest absolute Gasteiger partial charge is 0.0648 e. The van der Waals surface area contributed by atoms with Gasteiger partial charge in [0.15, 0.2) is 0 Å². The summed E-state index contributed by atoms with van der Waals surface area (Å²) in [6, 6.07) is 6.45. The molecule has 1 aromatic carbocycles. The third-order valence-corrected chi connectivity index (χ3v) is 2.58. The molecule has 0 nitrogen and oxygen atoms in total. The number of aryl methyl sites for hydroxylation is 1. The van der Waals surface area contributed by atoms with Crippen molar-refractivity contribution in [2.24, 2.45) is 0 Å². The van der Waals surface area contributed by atoms with E-state index in [2.05, 4.69) is 45.9 Å². The summed E-state index contributed by atoms with van der Waals surface area (Å²) in [5, 5.41) is 0. The van der Waals surface area contributed by atoms with Crippen LogP contribution >= 0.6 is 0 Å². The molecule has 1 unspecified atom stereocenters. The Morgan fingerprint density at radius 3 is 2.58 bits per heavy atom. The third-order valence-electron chi connectivity index (χ3n) is 2.58. The van der Waals surface area contributed by atoms with Crippen LogP contribution < -0.4 is 0 Å². The highest BCUT2D eigenvalue weighted by atomic mass is 14.1. The summed E-state index contributed by atoms with van der Waals surface area (Å²) in [7, 11) is 0. The van der Waals surface area contributed by atoms with Gasteiger partial charge in [-0.1, -0.05) is 25.1 Å². The van der Waals surface area contributed by atoms with Crippen LogP contribution in [0, 0.1) is 20.8 Å². The summed E-state index contributed by atoms with van der Waals surface area (Å²) in [6.45, 7) is 10.6. The SMILES string of the molecule is [CH2]C(CC)c1cccc(C)c1C. The van der Waals surface area contributed by atoms with Crippen LogP contribution in [0.2, 0.25) is 0 Å². The van der Waals surface area contributed by atoms with E-state index in [1.165, 1.54) is 16.7 Å². The van der Waals surface area contributed by atoms with Gasteiger partial charge in [-0.25, -0.2) is 0 Å². The lowest BCUT2D eigenvalue weighted by atomic mass is 9.92. The Kier molecular flexibility index (Phi) is 2.91. The van der Waals surface area contributed by atoms with Gasteiger partial charge in [-0.3, -0.25) is 0 Å². The fourth-order valence-electron chi connectivity index (χ4n) is 1.44. The molecule has 0 amide bonds. The molecule has 0 aliphatic heterocycles. The first kappa shape index (κ1) is 9.31. The molecule has 0 saturated heterocycles. The lowest BCUT2D eigenvalue weighted by molar-refractivity contribution is 0.793. The summed E-state index contributed by atoms with van der Waals surface area (Å²) in [6.07, 6.45) is 1.12. The Balaban J connectivity index is 3.07. The molecule has 0 aliphatic carbocycles. The average molecular weight is 161 g/mol. The van der Waals surface area contributed by atoms with Crippen LogP contribution in [-0.2, 0) is 0 Å². The Bertz CT molecular complexity index is 261. The topological polar surface area (TPSA) is 0 Å². The smallest absolute Gasteiger partial charge is 0.0162 e. The van der Waals surface area contributed by atoms with Gasteiger partial charge in [0.1, 0.15) is 0 Å². The standard InChI is InChI=1S/C12H17/c1-5-9(2)12-8-6-7-10(3)11(12)4/h6-9H,2,5H2,1,3-4H3. The molecule has 1 radical (unpaired) electrons. The first-order valence-electron chi connectivity index (χ1n) is 4.56. The van der Waals surface area contributed by atoms with E-state index in [4.69, 9.17) is 0 Å². The van der Waals surface area contributed by atoms with E-state index in [0.717, 1.165) is 6.42 Å². The maximum atomic E-state index is 4.13. The second kappa shape index (κ2) is 3.75. The highest BCUT2D eigenvalue weighted by Crippen LogP contribution is 2.23. The van der Waals surface area contributed by atoms with Crippen LogP contribution in [0.4, 0.5) is 0 Å². The predicted molar refractivity (Wildman–Crippen MR) is 54.3 cm³/mol. The van der Waals surface area contributed by atoms with Crippen molar-refractivity contribution < 1.29 is 0 Å². The van der Waals surface area contributed by atoms with Crippen molar-refractivity contribution in [3.8, 4) is 0 Å². The van der Waals surface area contributed by atoms with Crippen LogP contribution in [-0.4, -0.2) is 0 Å². The van der Waals surface area contributed by atoms with Crippen LogP contribution in [0.25, 0.3) is 0 Å². The zero-order valence-corrected chi connectivity index (χ0v) is 8.22. The molecule has 1 rings (SSSR count). The molecule has 1 atom stereocenters. The van der Waals surface area contributed by atoms with Crippen molar-refractivity contribution in [2.45, 2.75) is 33.1 Å². The number of hydrogen-bond donors (Lipinski definition) is 0. The van der Waals surface area contributed by atoms with E-state index in [1.54, 1.807) is 0 Å². The average Bonchev–Trinajstić information content (AvgIpc) is 2.08. The highest BCUT2D eigenvalue weighted by molar-refractivity contribution is 5.35. The molecule has 0 saturated carbocycles. The van der Waals surface area contributed by atoms with Crippen LogP contribution in [0.1, 0.15) is 36.0 Å². The maximum Gasteiger partial charge on any atom is -0.0162 e. The van der Waals surface area contributed by atoms with Crippen LogP contribution in [0.15, 0.2) is 18.2 Å². The van der Waals surface area contributed by atoms with Crippen molar-refractivity contribution in [2.75, 3.05) is 0 Å².